The van der Waals surface area contributed by atoms with Crippen LogP contribution in [0.25, 0.3) is 10.6 Å². The van der Waals surface area contributed by atoms with Crippen molar-refractivity contribution >= 4 is 29.1 Å². The molecule has 1 unspecified atom stereocenters. The van der Waals surface area contributed by atoms with Gasteiger partial charge in [-0.3, -0.25) is 14.4 Å². The highest BCUT2D eigenvalue weighted by molar-refractivity contribution is 7.13. The molecule has 160 valence electrons. The average molecular weight is 430 g/mol. The average Bonchev–Trinajstić information content (AvgIpc) is 3.23. The van der Waals surface area contributed by atoms with E-state index >= 15 is 0 Å². The van der Waals surface area contributed by atoms with Crippen molar-refractivity contribution in [3.63, 3.8) is 0 Å². The first-order valence-corrected chi connectivity index (χ1v) is 11.0. The van der Waals surface area contributed by atoms with Gasteiger partial charge in [-0.05, 0) is 19.8 Å². The Morgan fingerprint density at radius 1 is 1.27 bits per heavy atom. The van der Waals surface area contributed by atoms with Crippen molar-refractivity contribution in [1.29, 1.82) is 0 Å². The fourth-order valence-corrected chi connectivity index (χ4v) is 4.26. The van der Waals surface area contributed by atoms with Gasteiger partial charge in [-0.15, -0.1) is 11.3 Å². The van der Waals surface area contributed by atoms with Gasteiger partial charge in [0.1, 0.15) is 5.01 Å². The van der Waals surface area contributed by atoms with Crippen molar-refractivity contribution in [2.24, 2.45) is 5.92 Å². The van der Waals surface area contributed by atoms with Crippen molar-refractivity contribution in [2.45, 2.75) is 26.2 Å². The highest BCUT2D eigenvalue weighted by Gasteiger charge is 2.30. The molecule has 1 aromatic carbocycles. The second-order valence-electron chi connectivity index (χ2n) is 7.37. The van der Waals surface area contributed by atoms with Gasteiger partial charge in [0.2, 0.25) is 11.8 Å². The van der Waals surface area contributed by atoms with Gasteiger partial charge in [0.05, 0.1) is 31.2 Å². The molecule has 0 N–H and O–H groups in total. The van der Waals surface area contributed by atoms with Gasteiger partial charge in [0.25, 0.3) is 0 Å². The lowest BCUT2D eigenvalue weighted by Gasteiger charge is -2.32. The molecule has 0 spiro atoms. The molecule has 3 rings (SSSR count). The largest absolute Gasteiger partial charge is 0.466 e. The van der Waals surface area contributed by atoms with Crippen LogP contribution in [-0.2, 0) is 25.5 Å². The van der Waals surface area contributed by atoms with Crippen LogP contribution in [-0.4, -0.2) is 65.9 Å². The molecule has 1 aliphatic rings. The minimum Gasteiger partial charge on any atom is -0.466 e. The number of thiazole rings is 1. The van der Waals surface area contributed by atoms with E-state index in [1.165, 1.54) is 16.2 Å². The summed E-state index contributed by atoms with van der Waals surface area (Å²) in [6, 6.07) is 9.82. The number of nitrogens with zero attached hydrogens (tertiary/aromatic N) is 3. The Bertz CT molecular complexity index is 884. The molecule has 2 amide bonds. The number of hydrogen-bond donors (Lipinski definition) is 0. The fraction of sp³-hybridized carbons (Fsp3) is 0.455. The van der Waals surface area contributed by atoms with E-state index in [1.807, 2.05) is 35.7 Å². The lowest BCUT2D eigenvalue weighted by Crippen LogP contribution is -2.47. The standard InChI is InChI=1S/C22H27N3O4S/c1-3-29-22(28)17-10-7-11-25(13-17)20(27)14-24(2)19(26)12-18-15-30-21(23-18)16-8-5-4-6-9-16/h4-6,8-9,15,17H,3,7,10-14H2,1-2H3. The van der Waals surface area contributed by atoms with Gasteiger partial charge in [0.15, 0.2) is 0 Å². The monoisotopic (exact) mass is 429 g/mol. The summed E-state index contributed by atoms with van der Waals surface area (Å²) in [5.41, 5.74) is 1.72. The molecule has 2 aromatic rings. The van der Waals surface area contributed by atoms with Crippen LogP contribution in [0.3, 0.4) is 0 Å². The molecule has 30 heavy (non-hydrogen) atoms. The Hall–Kier alpha value is -2.74. The van der Waals surface area contributed by atoms with E-state index in [1.54, 1.807) is 18.9 Å². The Balaban J connectivity index is 1.52. The third-order valence-corrected chi connectivity index (χ3v) is 6.04. The maximum absolute atomic E-state index is 12.6. The lowest BCUT2D eigenvalue weighted by atomic mass is 9.98. The second kappa shape index (κ2) is 10.3. The minimum absolute atomic E-state index is 0.00986. The molecule has 1 saturated heterocycles. The molecule has 1 aliphatic heterocycles. The molecular formula is C22H27N3O4S. The maximum Gasteiger partial charge on any atom is 0.310 e. The van der Waals surface area contributed by atoms with Gasteiger partial charge >= 0.3 is 5.97 Å². The molecule has 0 radical (unpaired) electrons. The van der Waals surface area contributed by atoms with Crippen LogP contribution in [0.5, 0.6) is 0 Å². The number of ether oxygens (including phenoxy) is 1. The SMILES string of the molecule is CCOC(=O)C1CCCN(C(=O)CN(C)C(=O)Cc2csc(-c3ccccc3)n2)C1. The number of likely N-dealkylation sites (tertiary alicyclic amines) is 1. The van der Waals surface area contributed by atoms with Crippen LogP contribution >= 0.6 is 11.3 Å². The van der Waals surface area contributed by atoms with Gasteiger partial charge < -0.3 is 14.5 Å². The summed E-state index contributed by atoms with van der Waals surface area (Å²) in [5, 5.41) is 2.75. The number of hydrogen-bond acceptors (Lipinski definition) is 6. The Kier molecular flexibility index (Phi) is 7.57. The molecule has 1 aromatic heterocycles. The Morgan fingerprint density at radius 3 is 2.77 bits per heavy atom. The summed E-state index contributed by atoms with van der Waals surface area (Å²) >= 11 is 1.50. The van der Waals surface area contributed by atoms with Crippen LogP contribution in [0.2, 0.25) is 0 Å². The molecular weight excluding hydrogens is 402 g/mol. The van der Waals surface area contributed by atoms with E-state index in [9.17, 15) is 14.4 Å². The van der Waals surface area contributed by atoms with E-state index in [4.69, 9.17) is 4.74 Å². The number of carbonyl (C=O) groups excluding carboxylic acids is 3. The summed E-state index contributed by atoms with van der Waals surface area (Å²) < 4.78 is 5.08. The molecule has 8 heteroatoms. The smallest absolute Gasteiger partial charge is 0.310 e. The van der Waals surface area contributed by atoms with Crippen molar-refractivity contribution in [3.8, 4) is 10.6 Å². The van der Waals surface area contributed by atoms with Crippen LogP contribution in [0.4, 0.5) is 0 Å². The Labute approximate surface area is 180 Å². The van der Waals surface area contributed by atoms with Crippen LogP contribution in [0, 0.1) is 5.92 Å². The highest BCUT2D eigenvalue weighted by Crippen LogP contribution is 2.23. The third-order valence-electron chi connectivity index (χ3n) is 5.10. The van der Waals surface area contributed by atoms with E-state index in [2.05, 4.69) is 4.98 Å². The normalized spacial score (nSPS) is 16.2. The zero-order chi connectivity index (χ0) is 21.5. The third kappa shape index (κ3) is 5.66. The number of amides is 2. The summed E-state index contributed by atoms with van der Waals surface area (Å²) in [6.45, 7) is 3.05. The first kappa shape index (κ1) is 22.0. The number of piperidine rings is 1. The summed E-state index contributed by atoms with van der Waals surface area (Å²) in [7, 11) is 1.62. The van der Waals surface area contributed by atoms with Crippen LogP contribution < -0.4 is 0 Å². The van der Waals surface area contributed by atoms with Crippen molar-refractivity contribution < 1.29 is 19.1 Å². The summed E-state index contributed by atoms with van der Waals surface area (Å²) in [4.78, 5) is 44.8. The quantitative estimate of drug-likeness (QED) is 0.632. The highest BCUT2D eigenvalue weighted by atomic mass is 32.1. The number of esters is 1. The minimum atomic E-state index is -0.282. The molecule has 2 heterocycles. The molecule has 7 nitrogen and oxygen atoms in total. The van der Waals surface area contributed by atoms with Crippen LogP contribution in [0.15, 0.2) is 35.7 Å². The summed E-state index contributed by atoms with van der Waals surface area (Å²) in [6.07, 6.45) is 1.64. The second-order valence-corrected chi connectivity index (χ2v) is 8.23. The molecule has 0 aliphatic carbocycles. The predicted octanol–water partition coefficient (Wildman–Crippen LogP) is 2.61. The predicted molar refractivity (Wildman–Crippen MR) is 115 cm³/mol. The van der Waals surface area contributed by atoms with Gasteiger partial charge in [0, 0.05) is 31.1 Å². The van der Waals surface area contributed by atoms with Gasteiger partial charge in [-0.1, -0.05) is 30.3 Å². The van der Waals surface area contributed by atoms with E-state index in [0.29, 0.717) is 25.4 Å². The van der Waals surface area contributed by atoms with Crippen molar-refractivity contribution in [1.82, 2.24) is 14.8 Å². The number of rotatable bonds is 7. The first-order valence-electron chi connectivity index (χ1n) is 10.2. The molecule has 0 saturated carbocycles. The molecule has 0 bridgehead atoms. The topological polar surface area (TPSA) is 79.8 Å². The number of likely N-dealkylation sites (N-methyl/N-ethyl adjacent to an activating group) is 1. The number of aromatic nitrogens is 1. The van der Waals surface area contributed by atoms with Crippen molar-refractivity contribution in [2.75, 3.05) is 33.3 Å². The number of carbonyl (C=O) groups is 3. The molecule has 1 atom stereocenters. The van der Waals surface area contributed by atoms with E-state index in [0.717, 1.165) is 23.4 Å². The maximum atomic E-state index is 12.6. The summed E-state index contributed by atoms with van der Waals surface area (Å²) in [5.74, 6) is -0.845. The number of benzene rings is 1. The van der Waals surface area contributed by atoms with E-state index < -0.39 is 0 Å². The van der Waals surface area contributed by atoms with Gasteiger partial charge in [-0.25, -0.2) is 4.98 Å². The molecule has 1 fully saturated rings. The zero-order valence-corrected chi connectivity index (χ0v) is 18.2. The first-order chi connectivity index (χ1) is 14.5. The van der Waals surface area contributed by atoms with Crippen molar-refractivity contribution in [3.05, 3.63) is 41.4 Å². The lowest BCUT2D eigenvalue weighted by molar-refractivity contribution is -0.152. The Morgan fingerprint density at radius 2 is 2.03 bits per heavy atom. The zero-order valence-electron chi connectivity index (χ0n) is 17.4. The van der Waals surface area contributed by atoms with Gasteiger partial charge in [-0.2, -0.15) is 0 Å². The van der Waals surface area contributed by atoms with Crippen LogP contribution in [0.1, 0.15) is 25.5 Å². The van der Waals surface area contributed by atoms with E-state index in [-0.39, 0.29) is 36.7 Å². The fourth-order valence-electron chi connectivity index (χ4n) is 3.44.